The molecule has 2 aliphatic rings. The van der Waals surface area contributed by atoms with Crippen molar-refractivity contribution in [3.8, 4) is 0 Å². The van der Waals surface area contributed by atoms with Gasteiger partial charge in [-0.15, -0.1) is 5.06 Å². The SMILES string of the molecule is O=C(Cl)OCCON1C(=O)C2=CCCC=C2C1=O. The van der Waals surface area contributed by atoms with Gasteiger partial charge in [0.15, 0.2) is 0 Å². The fourth-order valence-corrected chi connectivity index (χ4v) is 1.84. The molecule has 1 aliphatic carbocycles. The van der Waals surface area contributed by atoms with Gasteiger partial charge in [0.1, 0.15) is 13.2 Å². The Labute approximate surface area is 108 Å². The maximum atomic E-state index is 11.8. The van der Waals surface area contributed by atoms with Crippen LogP contribution >= 0.6 is 11.6 Å². The Hall–Kier alpha value is -1.66. The molecule has 0 unspecified atom stereocenters. The molecule has 96 valence electrons. The minimum atomic E-state index is -0.961. The molecular weight excluding hydrogens is 262 g/mol. The molecule has 0 aromatic carbocycles. The lowest BCUT2D eigenvalue weighted by atomic mass is 10.0. The normalized spacial score (nSPS) is 18.4. The predicted octanol–water partition coefficient (Wildman–Crippen LogP) is 1.31. The first kappa shape index (κ1) is 12.8. The zero-order valence-corrected chi connectivity index (χ0v) is 10.1. The molecule has 0 aromatic heterocycles. The van der Waals surface area contributed by atoms with E-state index in [1.807, 2.05) is 0 Å². The van der Waals surface area contributed by atoms with Gasteiger partial charge in [-0.05, 0) is 12.8 Å². The third-order valence-corrected chi connectivity index (χ3v) is 2.61. The van der Waals surface area contributed by atoms with E-state index in [9.17, 15) is 14.4 Å². The Morgan fingerprint density at radius 1 is 1.17 bits per heavy atom. The molecule has 0 radical (unpaired) electrons. The smallest absolute Gasteiger partial charge is 0.403 e. The van der Waals surface area contributed by atoms with E-state index in [1.165, 1.54) is 0 Å². The van der Waals surface area contributed by atoms with Gasteiger partial charge in [0.2, 0.25) is 0 Å². The van der Waals surface area contributed by atoms with Crippen molar-refractivity contribution in [3.63, 3.8) is 0 Å². The van der Waals surface area contributed by atoms with Crippen LogP contribution in [0.25, 0.3) is 0 Å². The number of ether oxygens (including phenoxy) is 1. The molecule has 0 saturated carbocycles. The van der Waals surface area contributed by atoms with Crippen LogP contribution in [0, 0.1) is 0 Å². The summed E-state index contributed by atoms with van der Waals surface area (Å²) >= 11 is 4.95. The number of allylic oxidation sites excluding steroid dienone is 2. The maximum absolute atomic E-state index is 11.8. The molecule has 1 aliphatic heterocycles. The van der Waals surface area contributed by atoms with Crippen molar-refractivity contribution in [2.24, 2.45) is 0 Å². The van der Waals surface area contributed by atoms with Crippen LogP contribution in [-0.2, 0) is 19.2 Å². The van der Waals surface area contributed by atoms with Gasteiger partial charge < -0.3 is 4.74 Å². The second kappa shape index (κ2) is 5.32. The molecule has 1 heterocycles. The lowest BCUT2D eigenvalue weighted by Crippen LogP contribution is -2.31. The third-order valence-electron chi connectivity index (χ3n) is 2.50. The zero-order valence-electron chi connectivity index (χ0n) is 9.35. The highest BCUT2D eigenvalue weighted by Gasteiger charge is 2.40. The van der Waals surface area contributed by atoms with E-state index in [1.54, 1.807) is 12.2 Å². The molecule has 6 nitrogen and oxygen atoms in total. The van der Waals surface area contributed by atoms with Crippen LogP contribution in [0.4, 0.5) is 4.79 Å². The summed E-state index contributed by atoms with van der Waals surface area (Å²) in [5.74, 6) is -0.966. The number of fused-ring (bicyclic) bond motifs is 1. The van der Waals surface area contributed by atoms with Crippen molar-refractivity contribution < 1.29 is 24.0 Å². The highest BCUT2D eigenvalue weighted by molar-refractivity contribution is 6.61. The van der Waals surface area contributed by atoms with E-state index in [4.69, 9.17) is 16.4 Å². The van der Waals surface area contributed by atoms with Crippen LogP contribution in [0.15, 0.2) is 23.3 Å². The second-order valence-corrected chi connectivity index (χ2v) is 3.95. The first-order valence-electron chi connectivity index (χ1n) is 5.36. The number of rotatable bonds is 4. The lowest BCUT2D eigenvalue weighted by molar-refractivity contribution is -0.187. The number of hydrogen-bond acceptors (Lipinski definition) is 5. The summed E-state index contributed by atoms with van der Waals surface area (Å²) in [6, 6.07) is 0. The number of carbonyl (C=O) groups excluding carboxylic acids is 3. The van der Waals surface area contributed by atoms with Crippen molar-refractivity contribution in [1.82, 2.24) is 5.06 Å². The second-order valence-electron chi connectivity index (χ2n) is 3.64. The standard InChI is InChI=1S/C11H10ClNO5/c12-11(16)17-5-6-18-13-9(14)7-3-1-2-4-8(7)10(13)15/h3-4H,1-2,5-6H2. The largest absolute Gasteiger partial charge is 0.451 e. The van der Waals surface area contributed by atoms with Crippen molar-refractivity contribution in [3.05, 3.63) is 23.3 Å². The summed E-state index contributed by atoms with van der Waals surface area (Å²) in [7, 11) is 0. The van der Waals surface area contributed by atoms with Crippen LogP contribution in [-0.4, -0.2) is 35.5 Å². The van der Waals surface area contributed by atoms with Crippen molar-refractivity contribution in [1.29, 1.82) is 0 Å². The van der Waals surface area contributed by atoms with Gasteiger partial charge in [-0.2, -0.15) is 0 Å². The Kier molecular flexibility index (Phi) is 3.78. The molecule has 0 aromatic rings. The quantitative estimate of drug-likeness (QED) is 0.438. The Bertz CT molecular complexity index is 436. The predicted molar refractivity (Wildman–Crippen MR) is 60.4 cm³/mol. The van der Waals surface area contributed by atoms with Gasteiger partial charge in [-0.1, -0.05) is 12.2 Å². The van der Waals surface area contributed by atoms with Crippen LogP contribution in [0.3, 0.4) is 0 Å². The van der Waals surface area contributed by atoms with E-state index < -0.39 is 17.2 Å². The minimum absolute atomic E-state index is 0.115. The lowest BCUT2D eigenvalue weighted by Gasteiger charge is -2.11. The Morgan fingerprint density at radius 3 is 2.22 bits per heavy atom. The van der Waals surface area contributed by atoms with Crippen LogP contribution < -0.4 is 0 Å². The Balaban J connectivity index is 1.96. The zero-order chi connectivity index (χ0) is 13.1. The summed E-state index contributed by atoms with van der Waals surface area (Å²) < 4.78 is 4.41. The monoisotopic (exact) mass is 271 g/mol. The fraction of sp³-hybridized carbons (Fsp3) is 0.364. The molecule has 7 heteroatoms. The van der Waals surface area contributed by atoms with Gasteiger partial charge in [-0.25, -0.2) is 4.79 Å². The topological polar surface area (TPSA) is 72.9 Å². The van der Waals surface area contributed by atoms with Gasteiger partial charge in [-0.3, -0.25) is 14.4 Å². The Morgan fingerprint density at radius 2 is 1.72 bits per heavy atom. The number of hydrogen-bond donors (Lipinski definition) is 0. The molecule has 2 amide bonds. The summed E-state index contributed by atoms with van der Waals surface area (Å²) in [5, 5.41) is 0.686. The van der Waals surface area contributed by atoms with Gasteiger partial charge >= 0.3 is 5.43 Å². The summed E-state index contributed by atoms with van der Waals surface area (Å²) in [6.07, 6.45) is 4.90. The molecule has 1 fully saturated rings. The number of carbonyl (C=O) groups is 3. The molecule has 18 heavy (non-hydrogen) atoms. The number of imide groups is 1. The van der Waals surface area contributed by atoms with Gasteiger partial charge in [0.25, 0.3) is 11.8 Å². The summed E-state index contributed by atoms with van der Waals surface area (Å²) in [5.41, 5.74) is -0.210. The van der Waals surface area contributed by atoms with E-state index >= 15 is 0 Å². The average molecular weight is 272 g/mol. The minimum Gasteiger partial charge on any atom is -0.451 e. The number of amides is 2. The fourth-order valence-electron chi connectivity index (χ4n) is 1.76. The van der Waals surface area contributed by atoms with Crippen molar-refractivity contribution in [2.45, 2.75) is 12.8 Å². The van der Waals surface area contributed by atoms with E-state index in [2.05, 4.69) is 4.74 Å². The van der Waals surface area contributed by atoms with Crippen LogP contribution in [0.5, 0.6) is 0 Å². The first-order chi connectivity index (χ1) is 8.61. The van der Waals surface area contributed by atoms with Crippen LogP contribution in [0.1, 0.15) is 12.8 Å². The number of nitrogens with zero attached hydrogens (tertiary/aromatic N) is 1. The highest BCUT2D eigenvalue weighted by Crippen LogP contribution is 2.29. The maximum Gasteiger partial charge on any atom is 0.403 e. The summed E-state index contributed by atoms with van der Waals surface area (Å²) in [4.78, 5) is 38.9. The van der Waals surface area contributed by atoms with E-state index in [0.717, 1.165) is 12.8 Å². The molecule has 0 bridgehead atoms. The molecule has 0 N–H and O–H groups in total. The van der Waals surface area contributed by atoms with Crippen molar-refractivity contribution in [2.75, 3.05) is 13.2 Å². The molecule has 0 atom stereocenters. The molecular formula is C11H10ClNO5. The molecule has 2 rings (SSSR count). The average Bonchev–Trinajstić information content (AvgIpc) is 2.59. The summed E-state index contributed by atoms with van der Waals surface area (Å²) in [6.45, 7) is -0.242. The first-order valence-corrected chi connectivity index (χ1v) is 5.73. The number of halogens is 1. The number of hydroxylamine groups is 2. The van der Waals surface area contributed by atoms with E-state index in [-0.39, 0.29) is 13.2 Å². The third kappa shape index (κ3) is 2.44. The van der Waals surface area contributed by atoms with Crippen LogP contribution in [0.2, 0.25) is 0 Å². The molecule has 0 spiro atoms. The molecule has 1 saturated heterocycles. The van der Waals surface area contributed by atoms with E-state index in [0.29, 0.717) is 16.2 Å². The van der Waals surface area contributed by atoms with Gasteiger partial charge in [0, 0.05) is 11.6 Å². The highest BCUT2D eigenvalue weighted by atomic mass is 35.5. The van der Waals surface area contributed by atoms with Crippen molar-refractivity contribution >= 4 is 28.8 Å². The van der Waals surface area contributed by atoms with Gasteiger partial charge in [0.05, 0.1) is 11.1 Å².